The van der Waals surface area contributed by atoms with Crippen LogP contribution in [0, 0.1) is 23.0 Å². The molecule has 0 bridgehead atoms. The van der Waals surface area contributed by atoms with E-state index in [4.69, 9.17) is 14.7 Å². The lowest BCUT2D eigenvalue weighted by molar-refractivity contribution is -0.142. The van der Waals surface area contributed by atoms with Crippen LogP contribution in [-0.2, 0) is 15.9 Å². The molecule has 2 aliphatic heterocycles. The molecule has 3 aromatic rings. The Balaban J connectivity index is 1.51. The van der Waals surface area contributed by atoms with Crippen LogP contribution in [0.3, 0.4) is 0 Å². The summed E-state index contributed by atoms with van der Waals surface area (Å²) in [6.07, 6.45) is 0.575. The summed E-state index contributed by atoms with van der Waals surface area (Å²) in [5.41, 5.74) is 2.60. The fraction of sp³-hybridized carbons (Fsp3) is 0.310. The van der Waals surface area contributed by atoms with Gasteiger partial charge in [0.25, 0.3) is 5.91 Å². The Morgan fingerprint density at radius 2 is 1.89 bits per heavy atom. The van der Waals surface area contributed by atoms with E-state index in [1.54, 1.807) is 42.3 Å². The zero-order valence-corrected chi connectivity index (χ0v) is 20.5. The summed E-state index contributed by atoms with van der Waals surface area (Å²) < 4.78 is 40.8. The summed E-state index contributed by atoms with van der Waals surface area (Å²) in [7, 11) is 1.59. The van der Waals surface area contributed by atoms with Crippen molar-refractivity contribution in [3.8, 4) is 28.3 Å². The normalized spacial score (nSPS) is 16.3. The van der Waals surface area contributed by atoms with Gasteiger partial charge < -0.3 is 19.7 Å². The number of hydrogen-bond acceptors (Lipinski definition) is 5. The van der Waals surface area contributed by atoms with E-state index in [2.05, 4.69) is 5.32 Å². The Hall–Kier alpha value is -3.64. The maximum atomic E-state index is 15.3. The topological polar surface area (TPSA) is 74.6 Å². The van der Waals surface area contributed by atoms with E-state index in [1.165, 1.54) is 18.2 Å². The highest BCUT2D eigenvalue weighted by atomic mass is 19.1. The molecular formula is C29H27F2N3O3. The van der Waals surface area contributed by atoms with Crippen molar-refractivity contribution in [2.75, 3.05) is 46.5 Å². The van der Waals surface area contributed by atoms with Gasteiger partial charge >= 0.3 is 0 Å². The van der Waals surface area contributed by atoms with E-state index in [-0.39, 0.29) is 17.1 Å². The summed E-state index contributed by atoms with van der Waals surface area (Å²) in [6, 6.07) is 16.1. The van der Waals surface area contributed by atoms with Gasteiger partial charge in [0, 0.05) is 31.3 Å². The monoisotopic (exact) mass is 503 g/mol. The van der Waals surface area contributed by atoms with Crippen molar-refractivity contribution in [2.24, 2.45) is 0 Å². The number of nitrogens with one attached hydrogen (secondary N) is 1. The fourth-order valence-corrected chi connectivity index (χ4v) is 4.96. The molecule has 0 aliphatic carbocycles. The second kappa shape index (κ2) is 10.4. The number of benzene rings is 3. The summed E-state index contributed by atoms with van der Waals surface area (Å²) >= 11 is 0. The Bertz CT molecular complexity index is 1370. The van der Waals surface area contributed by atoms with Gasteiger partial charge in [-0.15, -0.1) is 0 Å². The van der Waals surface area contributed by atoms with Gasteiger partial charge in [-0.25, -0.2) is 8.78 Å². The summed E-state index contributed by atoms with van der Waals surface area (Å²) in [6.45, 7) is 3.56. The van der Waals surface area contributed by atoms with E-state index in [0.29, 0.717) is 67.1 Å². The molecule has 1 spiro atoms. The third-order valence-electron chi connectivity index (χ3n) is 6.97. The van der Waals surface area contributed by atoms with Crippen molar-refractivity contribution in [1.29, 1.82) is 5.26 Å². The quantitative estimate of drug-likeness (QED) is 0.547. The van der Waals surface area contributed by atoms with Gasteiger partial charge in [0.1, 0.15) is 23.3 Å². The van der Waals surface area contributed by atoms with E-state index in [1.807, 2.05) is 12.1 Å². The van der Waals surface area contributed by atoms with Crippen molar-refractivity contribution >= 4 is 5.91 Å². The van der Waals surface area contributed by atoms with Crippen LogP contribution in [0.5, 0.6) is 0 Å². The van der Waals surface area contributed by atoms with Gasteiger partial charge in [0.05, 0.1) is 31.9 Å². The molecule has 3 aromatic carbocycles. The van der Waals surface area contributed by atoms with Crippen LogP contribution in [0.2, 0.25) is 0 Å². The molecule has 37 heavy (non-hydrogen) atoms. The van der Waals surface area contributed by atoms with E-state index >= 15 is 4.39 Å². The number of rotatable bonds is 6. The molecular weight excluding hydrogens is 476 g/mol. The number of carbonyl (C=O) groups is 1. The number of methoxy groups -OCH3 is 1. The van der Waals surface area contributed by atoms with Crippen molar-refractivity contribution in [3.63, 3.8) is 0 Å². The van der Waals surface area contributed by atoms with Crippen LogP contribution in [0.15, 0.2) is 54.6 Å². The van der Waals surface area contributed by atoms with E-state index < -0.39 is 11.6 Å². The minimum absolute atomic E-state index is 0.0850. The van der Waals surface area contributed by atoms with Gasteiger partial charge in [0.15, 0.2) is 0 Å². The van der Waals surface area contributed by atoms with Gasteiger partial charge in [0.2, 0.25) is 0 Å². The van der Waals surface area contributed by atoms with Crippen LogP contribution < -0.4 is 5.32 Å². The Kier molecular flexibility index (Phi) is 7.02. The lowest BCUT2D eigenvalue weighted by atomic mass is 9.89. The molecule has 8 heteroatoms. The maximum Gasteiger partial charge on any atom is 0.254 e. The Morgan fingerprint density at radius 1 is 1.08 bits per heavy atom. The summed E-state index contributed by atoms with van der Waals surface area (Å²) in [4.78, 5) is 15.0. The minimum atomic E-state index is -0.676. The molecule has 0 saturated carbocycles. The molecule has 6 nitrogen and oxygen atoms in total. The largest absolute Gasteiger partial charge is 0.384 e. The minimum Gasteiger partial charge on any atom is -0.384 e. The van der Waals surface area contributed by atoms with Crippen molar-refractivity contribution < 1.29 is 23.0 Å². The van der Waals surface area contributed by atoms with Crippen molar-refractivity contribution in [3.05, 3.63) is 82.9 Å². The molecule has 2 fully saturated rings. The second-order valence-corrected chi connectivity index (χ2v) is 9.49. The zero-order valence-electron chi connectivity index (χ0n) is 20.5. The lowest BCUT2D eigenvalue weighted by Gasteiger charge is -2.51. The summed E-state index contributed by atoms with van der Waals surface area (Å²) in [5, 5.41) is 12.4. The van der Waals surface area contributed by atoms with Gasteiger partial charge in [-0.2, -0.15) is 5.26 Å². The highest BCUT2D eigenvalue weighted by molar-refractivity contribution is 5.98. The molecule has 0 atom stereocenters. The average Bonchev–Trinajstić information content (AvgIpc) is 2.90. The number of hydrogen-bond donors (Lipinski definition) is 1. The summed E-state index contributed by atoms with van der Waals surface area (Å²) in [5.74, 6) is -1.27. The first-order valence-electron chi connectivity index (χ1n) is 12.2. The molecule has 2 aliphatic rings. The van der Waals surface area contributed by atoms with Gasteiger partial charge in [-0.05, 0) is 59.0 Å². The van der Waals surface area contributed by atoms with Crippen LogP contribution in [0.25, 0.3) is 22.3 Å². The van der Waals surface area contributed by atoms with Crippen LogP contribution in [-0.4, -0.2) is 62.9 Å². The fourth-order valence-electron chi connectivity index (χ4n) is 4.96. The maximum absolute atomic E-state index is 15.3. The molecule has 190 valence electrons. The number of morpholine rings is 1. The third-order valence-corrected chi connectivity index (χ3v) is 6.97. The Labute approximate surface area is 214 Å². The standard InChI is InChI=1S/C29H27F2N3O3/c1-36-10-8-19-2-6-24(27(31)12-19)23-7-5-21(13-25(23)20-3-4-22(15-32)26(30)14-20)28(35)34-17-29(18-34)16-33-9-11-37-29/h2-7,12-14,33H,8-11,16-18H2,1H3. The molecule has 1 N–H and O–H groups in total. The van der Waals surface area contributed by atoms with E-state index in [0.717, 1.165) is 12.1 Å². The first kappa shape index (κ1) is 25.0. The van der Waals surface area contributed by atoms with Crippen LogP contribution >= 0.6 is 0 Å². The van der Waals surface area contributed by atoms with Crippen LogP contribution in [0.4, 0.5) is 8.78 Å². The van der Waals surface area contributed by atoms with Gasteiger partial charge in [-0.3, -0.25) is 4.79 Å². The molecule has 1 amide bonds. The molecule has 0 aromatic heterocycles. The number of ether oxygens (including phenoxy) is 2. The van der Waals surface area contributed by atoms with Crippen LogP contribution in [0.1, 0.15) is 21.5 Å². The first-order valence-corrected chi connectivity index (χ1v) is 12.2. The first-order chi connectivity index (χ1) is 17.9. The SMILES string of the molecule is COCCc1ccc(-c2ccc(C(=O)N3CC4(CNCCO4)C3)cc2-c2ccc(C#N)c(F)c2)c(F)c1. The highest BCUT2D eigenvalue weighted by Gasteiger charge is 2.47. The third kappa shape index (κ3) is 4.98. The van der Waals surface area contributed by atoms with Crippen molar-refractivity contribution in [1.82, 2.24) is 10.2 Å². The molecule has 5 rings (SSSR count). The van der Waals surface area contributed by atoms with E-state index in [9.17, 15) is 9.18 Å². The lowest BCUT2D eigenvalue weighted by Crippen LogP contribution is -2.70. The number of nitrogens with zero attached hydrogens (tertiary/aromatic N) is 2. The Morgan fingerprint density at radius 3 is 2.57 bits per heavy atom. The zero-order chi connectivity index (χ0) is 26.0. The predicted octanol–water partition coefficient (Wildman–Crippen LogP) is 4.17. The molecule has 0 unspecified atom stereocenters. The number of likely N-dealkylation sites (tertiary alicyclic amines) is 1. The number of amides is 1. The number of nitriles is 1. The molecule has 2 saturated heterocycles. The predicted molar refractivity (Wildman–Crippen MR) is 135 cm³/mol. The molecule has 0 radical (unpaired) electrons. The second-order valence-electron chi connectivity index (χ2n) is 9.49. The number of halogens is 2. The molecule has 2 heterocycles. The average molecular weight is 504 g/mol. The van der Waals surface area contributed by atoms with Gasteiger partial charge in [-0.1, -0.05) is 24.3 Å². The number of carbonyl (C=O) groups excluding carboxylic acids is 1. The van der Waals surface area contributed by atoms with Crippen molar-refractivity contribution in [2.45, 2.75) is 12.0 Å². The smallest absolute Gasteiger partial charge is 0.254 e. The highest BCUT2D eigenvalue weighted by Crippen LogP contribution is 2.37.